The molecule has 0 atom stereocenters. The molecule has 2 aromatic rings. The molecule has 2 aliphatic heterocycles. The number of allylic oxidation sites excluding steroid dienone is 3. The van der Waals surface area contributed by atoms with Gasteiger partial charge in [0.1, 0.15) is 10.6 Å². The standard InChI is InChI=1S/C23H25N3O4S/c27-31(28,26-12-14-29-15-13-26)22-6-7-23(24-17-22)30-21-5-4-18-8-10-25(20-2-1-3-20)11-9-19(18)16-21/h1-7,16-17H,8-15H2. The van der Waals surface area contributed by atoms with Crippen molar-refractivity contribution in [3.8, 4) is 11.6 Å². The average molecular weight is 440 g/mol. The van der Waals surface area contributed by atoms with E-state index in [-0.39, 0.29) is 4.90 Å². The largest absolute Gasteiger partial charge is 0.439 e. The Kier molecular flexibility index (Phi) is 5.52. The third kappa shape index (κ3) is 4.23. The molecule has 5 rings (SSSR count). The number of aromatic nitrogens is 1. The Labute approximate surface area is 182 Å². The molecule has 1 aromatic carbocycles. The number of fused-ring (bicyclic) bond motifs is 1. The van der Waals surface area contributed by atoms with Crippen molar-refractivity contribution in [3.05, 3.63) is 71.6 Å². The number of ether oxygens (including phenoxy) is 2. The predicted octanol–water partition coefficient (Wildman–Crippen LogP) is 2.75. The Bertz CT molecular complexity index is 1120. The van der Waals surface area contributed by atoms with E-state index in [9.17, 15) is 8.42 Å². The van der Waals surface area contributed by atoms with E-state index in [2.05, 4.69) is 40.2 Å². The molecule has 0 amide bonds. The van der Waals surface area contributed by atoms with E-state index < -0.39 is 10.0 Å². The molecule has 31 heavy (non-hydrogen) atoms. The highest BCUT2D eigenvalue weighted by Gasteiger charge is 2.26. The van der Waals surface area contributed by atoms with Crippen LogP contribution in [0, 0.1) is 0 Å². The van der Waals surface area contributed by atoms with Crippen molar-refractivity contribution in [2.24, 2.45) is 0 Å². The van der Waals surface area contributed by atoms with Gasteiger partial charge in [-0.3, -0.25) is 0 Å². The maximum Gasteiger partial charge on any atom is 0.244 e. The molecule has 0 bridgehead atoms. The van der Waals surface area contributed by atoms with Crippen molar-refractivity contribution in [2.45, 2.75) is 17.7 Å². The number of hydrogen-bond donors (Lipinski definition) is 0. The van der Waals surface area contributed by atoms with Crippen molar-refractivity contribution in [3.63, 3.8) is 0 Å². The smallest absolute Gasteiger partial charge is 0.244 e. The molecular weight excluding hydrogens is 414 g/mol. The molecule has 3 aliphatic rings. The molecular formula is C23H25N3O4S. The first-order chi connectivity index (χ1) is 15.1. The number of sulfonamides is 1. The number of rotatable bonds is 5. The van der Waals surface area contributed by atoms with Gasteiger partial charge in [-0.1, -0.05) is 12.1 Å². The van der Waals surface area contributed by atoms with E-state index in [0.717, 1.165) is 25.9 Å². The van der Waals surface area contributed by atoms with E-state index in [1.165, 1.54) is 27.3 Å². The van der Waals surface area contributed by atoms with E-state index in [0.29, 0.717) is 37.9 Å². The molecule has 7 nitrogen and oxygen atoms in total. The van der Waals surface area contributed by atoms with E-state index in [1.54, 1.807) is 12.1 Å². The molecule has 1 saturated heterocycles. The van der Waals surface area contributed by atoms with Gasteiger partial charge in [0, 0.05) is 37.9 Å². The lowest BCUT2D eigenvalue weighted by Crippen LogP contribution is -2.40. The first-order valence-electron chi connectivity index (χ1n) is 10.6. The van der Waals surface area contributed by atoms with Gasteiger partial charge in [0.15, 0.2) is 0 Å². The van der Waals surface area contributed by atoms with Crippen LogP contribution in [0.25, 0.3) is 0 Å². The first-order valence-corrected chi connectivity index (χ1v) is 12.0. The van der Waals surface area contributed by atoms with Crippen LogP contribution in [0.2, 0.25) is 0 Å². The Morgan fingerprint density at radius 2 is 1.74 bits per heavy atom. The van der Waals surface area contributed by atoms with Gasteiger partial charge < -0.3 is 14.4 Å². The Morgan fingerprint density at radius 3 is 2.42 bits per heavy atom. The van der Waals surface area contributed by atoms with Gasteiger partial charge in [-0.25, -0.2) is 13.4 Å². The number of pyridine rings is 1. The molecule has 0 spiro atoms. The highest BCUT2D eigenvalue weighted by atomic mass is 32.2. The molecule has 8 heteroatoms. The van der Waals surface area contributed by atoms with Gasteiger partial charge in [0.05, 0.1) is 19.4 Å². The lowest BCUT2D eigenvalue weighted by atomic mass is 10.0. The minimum Gasteiger partial charge on any atom is -0.439 e. The fourth-order valence-corrected chi connectivity index (χ4v) is 5.41. The molecule has 162 valence electrons. The van der Waals surface area contributed by atoms with Crippen LogP contribution in [-0.4, -0.2) is 62.0 Å². The minimum atomic E-state index is -3.56. The molecule has 0 unspecified atom stereocenters. The van der Waals surface area contributed by atoms with Crippen LogP contribution >= 0.6 is 0 Å². The van der Waals surface area contributed by atoms with Crippen LogP contribution < -0.4 is 4.74 Å². The summed E-state index contributed by atoms with van der Waals surface area (Å²) in [5.41, 5.74) is 3.94. The van der Waals surface area contributed by atoms with Crippen LogP contribution in [-0.2, 0) is 27.6 Å². The zero-order chi connectivity index (χ0) is 21.3. The lowest BCUT2D eigenvalue weighted by Gasteiger charge is -2.26. The van der Waals surface area contributed by atoms with Gasteiger partial charge >= 0.3 is 0 Å². The molecule has 1 aliphatic carbocycles. The second kappa shape index (κ2) is 8.45. The molecule has 0 radical (unpaired) electrons. The zero-order valence-electron chi connectivity index (χ0n) is 17.2. The molecule has 1 aromatic heterocycles. The van der Waals surface area contributed by atoms with Gasteiger partial charge in [0.25, 0.3) is 0 Å². The van der Waals surface area contributed by atoms with E-state index >= 15 is 0 Å². The summed E-state index contributed by atoms with van der Waals surface area (Å²) in [4.78, 5) is 6.82. The third-order valence-corrected chi connectivity index (χ3v) is 7.80. The number of benzene rings is 1. The fraction of sp³-hybridized carbons (Fsp3) is 0.348. The predicted molar refractivity (Wildman–Crippen MR) is 117 cm³/mol. The second-order valence-electron chi connectivity index (χ2n) is 7.82. The SMILES string of the molecule is O=S(=O)(c1ccc(Oc2ccc3c(c2)CCN(C2=CC=C2)CC3)nc1)N1CCOCC1. The quantitative estimate of drug-likeness (QED) is 0.714. The summed E-state index contributed by atoms with van der Waals surface area (Å²) in [6, 6.07) is 9.31. The van der Waals surface area contributed by atoms with E-state index in [1.807, 2.05) is 6.07 Å². The zero-order valence-corrected chi connectivity index (χ0v) is 18.1. The van der Waals surface area contributed by atoms with Crippen molar-refractivity contribution in [1.82, 2.24) is 14.2 Å². The first kappa shape index (κ1) is 20.2. The molecule has 3 heterocycles. The average Bonchev–Trinajstić information content (AvgIpc) is 2.96. The summed E-state index contributed by atoms with van der Waals surface area (Å²) in [6.45, 7) is 3.56. The van der Waals surface area contributed by atoms with Crippen LogP contribution in [0.3, 0.4) is 0 Å². The minimum absolute atomic E-state index is 0.170. The van der Waals surface area contributed by atoms with Crippen molar-refractivity contribution in [2.75, 3.05) is 39.4 Å². The van der Waals surface area contributed by atoms with Gasteiger partial charge in [-0.15, -0.1) is 0 Å². The molecule has 1 fully saturated rings. The summed E-state index contributed by atoms with van der Waals surface area (Å²) < 4.78 is 38.1. The van der Waals surface area contributed by atoms with Gasteiger partial charge in [-0.2, -0.15) is 4.31 Å². The topological polar surface area (TPSA) is 72.0 Å². The summed E-state index contributed by atoms with van der Waals surface area (Å²) in [7, 11) is -3.56. The third-order valence-electron chi connectivity index (χ3n) is 5.92. The van der Waals surface area contributed by atoms with Crippen LogP contribution in [0.4, 0.5) is 0 Å². The summed E-state index contributed by atoms with van der Waals surface area (Å²) >= 11 is 0. The molecule has 0 N–H and O–H groups in total. The number of hydrogen-bond acceptors (Lipinski definition) is 6. The van der Waals surface area contributed by atoms with Crippen molar-refractivity contribution < 1.29 is 17.9 Å². The maximum absolute atomic E-state index is 12.7. The lowest BCUT2D eigenvalue weighted by molar-refractivity contribution is 0.0730. The highest BCUT2D eigenvalue weighted by Crippen LogP contribution is 2.27. The summed E-state index contributed by atoms with van der Waals surface area (Å²) in [6.07, 6.45) is 9.71. The second-order valence-corrected chi connectivity index (χ2v) is 9.76. The van der Waals surface area contributed by atoms with Crippen LogP contribution in [0.1, 0.15) is 11.1 Å². The van der Waals surface area contributed by atoms with Crippen LogP contribution in [0.5, 0.6) is 11.6 Å². The number of morpholine rings is 1. The van der Waals surface area contributed by atoms with Crippen molar-refractivity contribution >= 4 is 10.0 Å². The normalized spacial score (nSPS) is 19.2. The highest BCUT2D eigenvalue weighted by molar-refractivity contribution is 7.89. The van der Waals surface area contributed by atoms with E-state index in [4.69, 9.17) is 9.47 Å². The van der Waals surface area contributed by atoms with Crippen molar-refractivity contribution in [1.29, 1.82) is 0 Å². The Balaban J connectivity index is 1.27. The summed E-state index contributed by atoms with van der Waals surface area (Å²) in [5.74, 6) is 1.09. The number of nitrogens with zero attached hydrogens (tertiary/aromatic N) is 3. The molecule has 0 saturated carbocycles. The Morgan fingerprint density at radius 1 is 0.968 bits per heavy atom. The van der Waals surface area contributed by atoms with Crippen LogP contribution in [0.15, 0.2) is 65.3 Å². The maximum atomic E-state index is 12.7. The fourth-order valence-electron chi connectivity index (χ4n) is 4.05. The summed E-state index contributed by atoms with van der Waals surface area (Å²) in [5, 5.41) is 0. The van der Waals surface area contributed by atoms with Gasteiger partial charge in [-0.05, 0) is 54.3 Å². The van der Waals surface area contributed by atoms with Gasteiger partial charge in [0.2, 0.25) is 15.9 Å². The monoisotopic (exact) mass is 439 g/mol. The Hall–Kier alpha value is -2.68.